The molecule has 13 nitrogen and oxygen atoms in total. The average Bonchev–Trinajstić information content (AvgIpc) is 3.33. The molecule has 0 aromatic heterocycles. The number of ether oxygens (including phenoxy) is 2. The first-order valence-corrected chi connectivity index (χ1v) is 28.6. The number of hydrogen-bond acceptors (Lipinski definition) is 12. The number of allylic oxidation sites excluding steroid dienone is 10. The lowest BCUT2D eigenvalue weighted by Gasteiger charge is -2.41. The maximum Gasteiger partial charge on any atom is 0.472 e. The van der Waals surface area contributed by atoms with Crippen LogP contribution in [0.25, 0.3) is 0 Å². The Bertz CT molecular complexity index is 1430. The maximum absolute atomic E-state index is 12.9. The molecule has 400 valence electrons. The van der Waals surface area contributed by atoms with Crippen molar-refractivity contribution in [3.8, 4) is 0 Å². The van der Waals surface area contributed by atoms with Crippen LogP contribution in [0.1, 0.15) is 219 Å². The minimum Gasteiger partial charge on any atom is -0.462 e. The molecule has 1 saturated carbocycles. The lowest BCUT2D eigenvalue weighted by atomic mass is 9.85. The predicted octanol–water partition coefficient (Wildman–Crippen LogP) is 12.1. The van der Waals surface area contributed by atoms with Gasteiger partial charge in [0, 0.05) is 12.8 Å². The van der Waals surface area contributed by atoms with E-state index in [0.717, 1.165) is 70.6 Å². The highest BCUT2D eigenvalue weighted by Crippen LogP contribution is 2.47. The van der Waals surface area contributed by atoms with Gasteiger partial charge in [0.1, 0.15) is 43.2 Å². The van der Waals surface area contributed by atoms with Gasteiger partial charge in [-0.2, -0.15) is 0 Å². The molecule has 0 amide bonds. The van der Waals surface area contributed by atoms with Crippen molar-refractivity contribution in [1.29, 1.82) is 0 Å². The van der Waals surface area contributed by atoms with E-state index in [1.165, 1.54) is 109 Å². The summed E-state index contributed by atoms with van der Waals surface area (Å²) in [7, 11) is -5.14. The summed E-state index contributed by atoms with van der Waals surface area (Å²) in [4.78, 5) is 35.9. The van der Waals surface area contributed by atoms with Crippen molar-refractivity contribution in [2.45, 2.75) is 262 Å². The quantitative estimate of drug-likeness (QED) is 0.0145. The molecule has 14 heteroatoms. The van der Waals surface area contributed by atoms with Crippen LogP contribution in [0.15, 0.2) is 60.8 Å². The van der Waals surface area contributed by atoms with Gasteiger partial charge in [0.2, 0.25) is 0 Å². The first-order valence-electron chi connectivity index (χ1n) is 27.1. The Morgan fingerprint density at radius 1 is 0.464 bits per heavy atom. The highest BCUT2D eigenvalue weighted by molar-refractivity contribution is 7.47. The second-order valence-corrected chi connectivity index (χ2v) is 20.1. The van der Waals surface area contributed by atoms with Gasteiger partial charge < -0.3 is 39.9 Å². The van der Waals surface area contributed by atoms with Crippen LogP contribution >= 0.6 is 7.82 Å². The first-order chi connectivity index (χ1) is 33.4. The van der Waals surface area contributed by atoms with Gasteiger partial charge >= 0.3 is 19.8 Å². The Balaban J connectivity index is 2.39. The van der Waals surface area contributed by atoms with Gasteiger partial charge in [0.05, 0.1) is 6.61 Å². The summed E-state index contributed by atoms with van der Waals surface area (Å²) < 4.78 is 33.7. The number of esters is 2. The van der Waals surface area contributed by atoms with Crippen molar-refractivity contribution in [1.82, 2.24) is 0 Å². The molecule has 0 spiro atoms. The zero-order valence-corrected chi connectivity index (χ0v) is 43.7. The maximum atomic E-state index is 12.9. The number of unbranched alkanes of at least 4 members (excludes halogenated alkanes) is 23. The molecule has 1 rings (SSSR count). The minimum atomic E-state index is -5.14. The van der Waals surface area contributed by atoms with Crippen LogP contribution in [0.4, 0.5) is 0 Å². The topological polar surface area (TPSA) is 210 Å². The summed E-state index contributed by atoms with van der Waals surface area (Å²) in [6.45, 7) is 3.19. The van der Waals surface area contributed by atoms with Crippen molar-refractivity contribution >= 4 is 19.8 Å². The van der Waals surface area contributed by atoms with Crippen LogP contribution in [0.3, 0.4) is 0 Å². The normalized spacial score (nSPS) is 21.3. The van der Waals surface area contributed by atoms with Crippen LogP contribution in [0, 0.1) is 0 Å². The van der Waals surface area contributed by atoms with Crippen molar-refractivity contribution in [2.24, 2.45) is 0 Å². The smallest absolute Gasteiger partial charge is 0.462 e. The van der Waals surface area contributed by atoms with E-state index in [-0.39, 0.29) is 12.8 Å². The Kier molecular flexibility index (Phi) is 41.4. The Morgan fingerprint density at radius 3 is 1.26 bits per heavy atom. The molecule has 0 aromatic rings. The van der Waals surface area contributed by atoms with Crippen molar-refractivity contribution in [2.75, 3.05) is 13.2 Å². The van der Waals surface area contributed by atoms with Gasteiger partial charge in [-0.25, -0.2) is 4.57 Å². The number of phosphoric ester groups is 1. The molecule has 1 aliphatic rings. The molecular formula is C55H97O13P. The lowest BCUT2D eigenvalue weighted by Crippen LogP contribution is -2.64. The van der Waals surface area contributed by atoms with Crippen molar-refractivity contribution in [3.05, 3.63) is 60.8 Å². The van der Waals surface area contributed by atoms with Gasteiger partial charge in [-0.15, -0.1) is 0 Å². The Labute approximate surface area is 417 Å². The predicted molar refractivity (Wildman–Crippen MR) is 276 cm³/mol. The number of aliphatic hydroxyl groups is 5. The van der Waals surface area contributed by atoms with Gasteiger partial charge in [0.15, 0.2) is 6.10 Å². The molecular weight excluding hydrogens is 900 g/mol. The molecule has 0 bridgehead atoms. The summed E-state index contributed by atoms with van der Waals surface area (Å²) >= 11 is 0. The fraction of sp³-hybridized carbons (Fsp3) is 0.782. The monoisotopic (exact) mass is 997 g/mol. The summed E-state index contributed by atoms with van der Waals surface area (Å²) in [5, 5.41) is 50.3. The van der Waals surface area contributed by atoms with E-state index < -0.39 is 75.7 Å². The van der Waals surface area contributed by atoms with Crippen molar-refractivity contribution in [3.63, 3.8) is 0 Å². The molecule has 8 atom stereocenters. The average molecular weight is 997 g/mol. The summed E-state index contributed by atoms with van der Waals surface area (Å²) in [5.41, 5.74) is 0. The van der Waals surface area contributed by atoms with Crippen LogP contribution in [-0.2, 0) is 32.7 Å². The zero-order chi connectivity index (χ0) is 50.6. The number of phosphoric acid groups is 1. The second kappa shape index (κ2) is 44.3. The van der Waals surface area contributed by atoms with Crippen LogP contribution in [0.5, 0.6) is 0 Å². The number of aliphatic hydroxyl groups excluding tert-OH is 5. The van der Waals surface area contributed by atoms with Gasteiger partial charge in [-0.05, 0) is 57.8 Å². The minimum absolute atomic E-state index is 0.0569. The third kappa shape index (κ3) is 36.2. The summed E-state index contributed by atoms with van der Waals surface area (Å²) in [6.07, 6.45) is 42.7. The Hall–Kier alpha value is -2.45. The molecule has 1 fully saturated rings. The molecule has 69 heavy (non-hydrogen) atoms. The van der Waals surface area contributed by atoms with Gasteiger partial charge in [-0.1, -0.05) is 209 Å². The Morgan fingerprint density at radius 2 is 0.826 bits per heavy atom. The van der Waals surface area contributed by atoms with Gasteiger partial charge in [-0.3, -0.25) is 18.6 Å². The fourth-order valence-electron chi connectivity index (χ4n) is 8.08. The van der Waals surface area contributed by atoms with Gasteiger partial charge in [0.25, 0.3) is 0 Å². The SMILES string of the molecule is CC/C=C/C/C=C/C/C=C/C/C=C/C/C=C/CCCCCC(=O)O[C@@H](COC(=O)CCCCCCCCCCCCCCCCCCCCCCC)COP(=O)(O)OC1C(O)C(O)C(O)[C@H](O)C1O. The van der Waals surface area contributed by atoms with Crippen LogP contribution in [0.2, 0.25) is 0 Å². The first kappa shape index (κ1) is 64.6. The highest BCUT2D eigenvalue weighted by Gasteiger charge is 2.51. The molecule has 0 radical (unpaired) electrons. The summed E-state index contributed by atoms with van der Waals surface area (Å²) in [5.74, 6) is -1.13. The molecule has 0 heterocycles. The number of rotatable bonds is 45. The molecule has 1 aliphatic carbocycles. The number of carbonyl (C=O) groups is 2. The molecule has 0 saturated heterocycles. The van der Waals surface area contributed by atoms with E-state index in [2.05, 4.69) is 74.6 Å². The second-order valence-electron chi connectivity index (χ2n) is 18.7. The van der Waals surface area contributed by atoms with Crippen LogP contribution < -0.4 is 0 Å². The number of carbonyl (C=O) groups excluding carboxylic acids is 2. The number of hydrogen-bond donors (Lipinski definition) is 6. The third-order valence-electron chi connectivity index (χ3n) is 12.4. The van der Waals surface area contributed by atoms with E-state index in [9.17, 15) is 44.6 Å². The zero-order valence-electron chi connectivity index (χ0n) is 42.8. The van der Waals surface area contributed by atoms with Crippen LogP contribution in [-0.4, -0.2) is 98.3 Å². The third-order valence-corrected chi connectivity index (χ3v) is 13.4. The van der Waals surface area contributed by atoms with Crippen molar-refractivity contribution < 1.29 is 63.1 Å². The van der Waals surface area contributed by atoms with E-state index in [1.54, 1.807) is 0 Å². The molecule has 0 aromatic carbocycles. The largest absolute Gasteiger partial charge is 0.472 e. The van der Waals surface area contributed by atoms with E-state index >= 15 is 0 Å². The standard InChI is InChI=1S/C55H97O13P/c1-3-5-7-9-11-13-15-17-19-21-23-24-26-27-29-31-33-35-37-39-41-43-48(56)65-45-47(46-66-69(63,64)68-55-53(61)51(59)50(58)52(60)54(55)62)67-49(57)44-42-40-38-36-34-32-30-28-25-22-20-18-16-14-12-10-8-6-4-2/h6,8,12,14,18,20,25,28,32,34,47,50-55,58-62H,3-5,7,9-11,13,15-17,19,21-24,26-27,29-31,33,35-46H2,1-2H3,(H,63,64)/b8-6+,14-12+,20-18+,28-25+,34-32+/t47-,50?,51-,52?,53?,54?,55?/m0/s1. The van der Waals surface area contributed by atoms with E-state index in [0.29, 0.717) is 12.8 Å². The lowest BCUT2D eigenvalue weighted by molar-refractivity contribution is -0.220. The fourth-order valence-corrected chi connectivity index (χ4v) is 9.05. The summed E-state index contributed by atoms with van der Waals surface area (Å²) in [6, 6.07) is 0. The van der Waals surface area contributed by atoms with E-state index in [1.807, 2.05) is 0 Å². The van der Waals surface area contributed by atoms with E-state index in [4.69, 9.17) is 18.5 Å². The molecule has 6 unspecified atom stereocenters. The molecule has 6 N–H and O–H groups in total. The highest BCUT2D eigenvalue weighted by atomic mass is 31.2. The molecule has 0 aliphatic heterocycles.